The molecule has 0 amide bonds. The molecule has 1 aromatic rings. The van der Waals surface area contributed by atoms with Crippen molar-refractivity contribution in [3.8, 4) is 0 Å². The van der Waals surface area contributed by atoms with E-state index in [-0.39, 0.29) is 0 Å². The van der Waals surface area contributed by atoms with Crippen LogP contribution in [0.2, 0.25) is 0 Å². The van der Waals surface area contributed by atoms with E-state index in [0.29, 0.717) is 11.8 Å². The molecule has 0 unspecified atom stereocenters. The molecule has 1 aromatic heterocycles. The fraction of sp³-hybridized carbons (Fsp3) is 0.667. The normalized spacial score (nSPS) is 22.2. The minimum absolute atomic E-state index is 0.425. The summed E-state index contributed by atoms with van der Waals surface area (Å²) in [6.07, 6.45) is 5.32. The fourth-order valence-electron chi connectivity index (χ4n) is 2.47. The molecule has 2 fully saturated rings. The third-order valence-electron chi connectivity index (χ3n) is 3.57. The third-order valence-corrected chi connectivity index (χ3v) is 3.57. The number of aromatic amines is 1. The van der Waals surface area contributed by atoms with Gasteiger partial charge >= 0.3 is 0 Å². The predicted octanol–water partition coefficient (Wildman–Crippen LogP) is 1.99. The monoisotopic (exact) mass is 220 g/mol. The first kappa shape index (κ1) is 10.0. The highest BCUT2D eigenvalue weighted by Crippen LogP contribution is 2.42. The van der Waals surface area contributed by atoms with E-state index in [1.165, 1.54) is 12.8 Å². The minimum Gasteiger partial charge on any atom is -0.381 e. The molecule has 0 bridgehead atoms. The Morgan fingerprint density at radius 1 is 1.19 bits per heavy atom. The Morgan fingerprint density at radius 2 is 1.94 bits per heavy atom. The van der Waals surface area contributed by atoms with Crippen LogP contribution in [0.4, 0.5) is 0 Å². The average molecular weight is 220 g/mol. The Bertz CT molecular complexity index is 390. The summed E-state index contributed by atoms with van der Waals surface area (Å²) >= 11 is 0. The topological polar surface area (TPSA) is 55.0 Å². The number of hydrogen-bond donors (Lipinski definition) is 1. The highest BCUT2D eigenvalue weighted by molar-refractivity contribution is 5.79. The van der Waals surface area contributed by atoms with Crippen molar-refractivity contribution in [2.75, 3.05) is 13.2 Å². The maximum atomic E-state index is 11.2. The van der Waals surface area contributed by atoms with E-state index in [4.69, 9.17) is 4.74 Å². The summed E-state index contributed by atoms with van der Waals surface area (Å²) in [7, 11) is 0. The van der Waals surface area contributed by atoms with Gasteiger partial charge in [-0.2, -0.15) is 5.10 Å². The number of carbonyl (C=O) groups is 1. The Kier molecular flexibility index (Phi) is 2.52. The van der Waals surface area contributed by atoms with Crippen molar-refractivity contribution >= 4 is 6.29 Å². The van der Waals surface area contributed by atoms with E-state index in [0.717, 1.165) is 49.3 Å². The summed E-state index contributed by atoms with van der Waals surface area (Å²) in [5.74, 6) is 0.957. The molecule has 86 valence electrons. The maximum absolute atomic E-state index is 11.2. The molecular formula is C12H16N2O2. The van der Waals surface area contributed by atoms with Gasteiger partial charge in [-0.3, -0.25) is 9.89 Å². The largest absolute Gasteiger partial charge is 0.381 e. The van der Waals surface area contributed by atoms with Gasteiger partial charge in [-0.15, -0.1) is 0 Å². The van der Waals surface area contributed by atoms with E-state index < -0.39 is 0 Å². The van der Waals surface area contributed by atoms with Gasteiger partial charge in [-0.05, 0) is 25.7 Å². The number of nitrogens with one attached hydrogen (secondary N) is 1. The summed E-state index contributed by atoms with van der Waals surface area (Å²) in [5, 5.41) is 7.41. The Hall–Kier alpha value is -1.16. The van der Waals surface area contributed by atoms with Crippen LogP contribution in [0.15, 0.2) is 0 Å². The predicted molar refractivity (Wildman–Crippen MR) is 58.7 cm³/mol. The Labute approximate surface area is 94.4 Å². The van der Waals surface area contributed by atoms with Gasteiger partial charge in [-0.25, -0.2) is 0 Å². The molecule has 0 aromatic carbocycles. The molecule has 0 radical (unpaired) electrons. The molecule has 16 heavy (non-hydrogen) atoms. The number of aromatic nitrogens is 2. The second kappa shape index (κ2) is 4.01. The molecule has 4 heteroatoms. The molecule has 1 aliphatic carbocycles. The number of ether oxygens (including phenoxy) is 1. The summed E-state index contributed by atoms with van der Waals surface area (Å²) < 4.78 is 5.34. The van der Waals surface area contributed by atoms with Crippen molar-refractivity contribution in [2.45, 2.75) is 37.5 Å². The second-order valence-electron chi connectivity index (χ2n) is 4.71. The average Bonchev–Trinajstić information content (AvgIpc) is 3.09. The summed E-state index contributed by atoms with van der Waals surface area (Å²) in [6.45, 7) is 1.58. The molecule has 1 N–H and O–H groups in total. The van der Waals surface area contributed by atoms with Crippen LogP contribution in [0.3, 0.4) is 0 Å². The van der Waals surface area contributed by atoms with E-state index in [1.54, 1.807) is 0 Å². The summed E-state index contributed by atoms with van der Waals surface area (Å²) in [6, 6.07) is 0. The molecule has 0 atom stereocenters. The van der Waals surface area contributed by atoms with Gasteiger partial charge in [0.1, 0.15) is 0 Å². The van der Waals surface area contributed by atoms with Crippen LogP contribution in [-0.2, 0) is 4.74 Å². The van der Waals surface area contributed by atoms with Crippen molar-refractivity contribution in [2.24, 2.45) is 0 Å². The van der Waals surface area contributed by atoms with Crippen molar-refractivity contribution in [1.29, 1.82) is 0 Å². The lowest BCUT2D eigenvalue weighted by atomic mass is 9.93. The molecule has 1 saturated heterocycles. The molecular weight excluding hydrogens is 204 g/mol. The molecule has 0 spiro atoms. The van der Waals surface area contributed by atoms with Crippen molar-refractivity contribution in [1.82, 2.24) is 10.2 Å². The number of aldehydes is 1. The van der Waals surface area contributed by atoms with Crippen LogP contribution in [-0.4, -0.2) is 29.7 Å². The first-order valence-corrected chi connectivity index (χ1v) is 6.01. The standard InChI is InChI=1S/C12H16N2O2/c15-7-10-11(8-1-2-8)13-14-12(10)9-3-5-16-6-4-9/h7-9H,1-6H2,(H,13,14). The highest BCUT2D eigenvalue weighted by Gasteiger charge is 2.32. The second-order valence-corrected chi connectivity index (χ2v) is 4.71. The summed E-state index contributed by atoms with van der Waals surface area (Å²) in [4.78, 5) is 11.2. The van der Waals surface area contributed by atoms with Crippen molar-refractivity contribution in [3.63, 3.8) is 0 Å². The van der Waals surface area contributed by atoms with Gasteiger partial charge in [0.25, 0.3) is 0 Å². The molecule has 3 rings (SSSR count). The van der Waals surface area contributed by atoms with Crippen LogP contribution in [0.1, 0.15) is 59.3 Å². The lowest BCUT2D eigenvalue weighted by Gasteiger charge is -2.21. The van der Waals surface area contributed by atoms with E-state index >= 15 is 0 Å². The number of hydrogen-bond acceptors (Lipinski definition) is 3. The smallest absolute Gasteiger partial charge is 0.153 e. The van der Waals surface area contributed by atoms with Crippen LogP contribution in [0.5, 0.6) is 0 Å². The van der Waals surface area contributed by atoms with Crippen molar-refractivity contribution in [3.05, 3.63) is 17.0 Å². The molecule has 1 saturated carbocycles. The Morgan fingerprint density at radius 3 is 2.56 bits per heavy atom. The van der Waals surface area contributed by atoms with Gasteiger partial charge < -0.3 is 4.74 Å². The lowest BCUT2D eigenvalue weighted by Crippen LogP contribution is -2.15. The fourth-order valence-corrected chi connectivity index (χ4v) is 2.47. The molecule has 2 heterocycles. The maximum Gasteiger partial charge on any atom is 0.153 e. The molecule has 2 aliphatic rings. The first-order valence-electron chi connectivity index (χ1n) is 6.01. The van der Waals surface area contributed by atoms with Gasteiger partial charge in [0.2, 0.25) is 0 Å². The van der Waals surface area contributed by atoms with Gasteiger partial charge in [0.15, 0.2) is 6.29 Å². The number of H-pyrrole nitrogens is 1. The van der Waals surface area contributed by atoms with Crippen molar-refractivity contribution < 1.29 is 9.53 Å². The van der Waals surface area contributed by atoms with Gasteiger partial charge in [0, 0.05) is 30.7 Å². The Balaban J connectivity index is 1.90. The number of nitrogens with zero attached hydrogens (tertiary/aromatic N) is 1. The quantitative estimate of drug-likeness (QED) is 0.792. The van der Waals surface area contributed by atoms with E-state index in [1.807, 2.05) is 0 Å². The zero-order chi connectivity index (χ0) is 11.0. The van der Waals surface area contributed by atoms with Crippen LogP contribution in [0, 0.1) is 0 Å². The molecule has 1 aliphatic heterocycles. The summed E-state index contributed by atoms with van der Waals surface area (Å²) in [5.41, 5.74) is 2.87. The minimum atomic E-state index is 0.425. The number of carbonyl (C=O) groups excluding carboxylic acids is 1. The van der Waals surface area contributed by atoms with Gasteiger partial charge in [0.05, 0.1) is 11.3 Å². The first-order chi connectivity index (χ1) is 7.90. The van der Waals surface area contributed by atoms with Crippen LogP contribution < -0.4 is 0 Å². The highest BCUT2D eigenvalue weighted by atomic mass is 16.5. The third kappa shape index (κ3) is 1.67. The van der Waals surface area contributed by atoms with Gasteiger partial charge in [-0.1, -0.05) is 0 Å². The van der Waals surface area contributed by atoms with Crippen LogP contribution >= 0.6 is 0 Å². The van der Waals surface area contributed by atoms with E-state index in [2.05, 4.69) is 10.2 Å². The zero-order valence-corrected chi connectivity index (χ0v) is 9.24. The lowest BCUT2D eigenvalue weighted by molar-refractivity contribution is 0.0841. The zero-order valence-electron chi connectivity index (χ0n) is 9.24. The van der Waals surface area contributed by atoms with Crippen LogP contribution in [0.25, 0.3) is 0 Å². The SMILES string of the molecule is O=Cc1c(C2CC2)n[nH]c1C1CCOCC1. The van der Waals surface area contributed by atoms with E-state index in [9.17, 15) is 4.79 Å². The number of rotatable bonds is 3. The molecule has 4 nitrogen and oxygen atoms in total.